The molecule has 0 atom stereocenters. The summed E-state index contributed by atoms with van der Waals surface area (Å²) in [7, 11) is 0. The van der Waals surface area contributed by atoms with Crippen LogP contribution in [0.3, 0.4) is 0 Å². The quantitative estimate of drug-likeness (QED) is 0.686. The molecule has 94 valence electrons. The Labute approximate surface area is 102 Å². The lowest BCUT2D eigenvalue weighted by Gasteiger charge is -2.21. The smallest absolute Gasteiger partial charge is 0.248 e. The normalized spacial score (nSPS) is 11.5. The number of aliphatic hydroxyl groups is 1. The zero-order valence-corrected chi connectivity index (χ0v) is 10.4. The van der Waals surface area contributed by atoms with Crippen LogP contribution in [0.5, 0.6) is 0 Å². The van der Waals surface area contributed by atoms with E-state index in [9.17, 15) is 4.79 Å². The molecule has 0 aliphatic rings. The van der Waals surface area contributed by atoms with E-state index in [0.29, 0.717) is 12.1 Å². The number of amides is 1. The number of rotatable bonds is 6. The van der Waals surface area contributed by atoms with Gasteiger partial charge in [-0.25, -0.2) is 0 Å². The van der Waals surface area contributed by atoms with Gasteiger partial charge in [-0.05, 0) is 17.7 Å². The van der Waals surface area contributed by atoms with Gasteiger partial charge in [-0.15, -0.1) is 0 Å². The molecular formula is C13H20N2O2. The molecule has 1 rings (SSSR count). The summed E-state index contributed by atoms with van der Waals surface area (Å²) in [6.07, 6.45) is 0. The second kappa shape index (κ2) is 5.80. The third-order valence-corrected chi connectivity index (χ3v) is 2.60. The first-order valence-corrected chi connectivity index (χ1v) is 5.65. The van der Waals surface area contributed by atoms with Crippen LogP contribution in [0.2, 0.25) is 0 Å². The van der Waals surface area contributed by atoms with Crippen LogP contribution in [-0.2, 0) is 6.54 Å². The predicted molar refractivity (Wildman–Crippen MR) is 67.5 cm³/mol. The van der Waals surface area contributed by atoms with Crippen LogP contribution in [0.15, 0.2) is 24.3 Å². The summed E-state index contributed by atoms with van der Waals surface area (Å²) in [4.78, 5) is 10.9. The first kappa shape index (κ1) is 13.7. The average molecular weight is 236 g/mol. The van der Waals surface area contributed by atoms with Gasteiger partial charge in [0.2, 0.25) is 5.91 Å². The largest absolute Gasteiger partial charge is 0.396 e. The summed E-state index contributed by atoms with van der Waals surface area (Å²) < 4.78 is 0. The summed E-state index contributed by atoms with van der Waals surface area (Å²) in [5.74, 6) is -0.411. The molecule has 1 aromatic carbocycles. The van der Waals surface area contributed by atoms with Gasteiger partial charge in [0.15, 0.2) is 0 Å². The van der Waals surface area contributed by atoms with Crippen molar-refractivity contribution >= 4 is 5.91 Å². The van der Waals surface area contributed by atoms with Crippen LogP contribution in [0.4, 0.5) is 0 Å². The molecule has 0 saturated carbocycles. The highest BCUT2D eigenvalue weighted by Crippen LogP contribution is 2.11. The fourth-order valence-corrected chi connectivity index (χ4v) is 1.39. The lowest BCUT2D eigenvalue weighted by molar-refractivity contribution is 0.100. The molecule has 1 aromatic rings. The molecule has 0 aliphatic heterocycles. The van der Waals surface area contributed by atoms with Gasteiger partial charge in [-0.1, -0.05) is 26.0 Å². The average Bonchev–Trinajstić information content (AvgIpc) is 2.29. The minimum atomic E-state index is -0.411. The summed E-state index contributed by atoms with van der Waals surface area (Å²) in [5.41, 5.74) is 6.64. The van der Waals surface area contributed by atoms with Crippen molar-refractivity contribution in [3.63, 3.8) is 0 Å². The van der Waals surface area contributed by atoms with E-state index in [-0.39, 0.29) is 12.0 Å². The van der Waals surface area contributed by atoms with Crippen molar-refractivity contribution in [2.75, 3.05) is 13.2 Å². The Kier molecular flexibility index (Phi) is 4.66. The Morgan fingerprint density at radius 1 is 1.35 bits per heavy atom. The second-order valence-electron chi connectivity index (χ2n) is 4.99. The molecule has 0 heterocycles. The molecule has 17 heavy (non-hydrogen) atoms. The van der Waals surface area contributed by atoms with Gasteiger partial charge in [-0.3, -0.25) is 4.79 Å². The summed E-state index contributed by atoms with van der Waals surface area (Å²) in [6, 6.07) is 7.19. The minimum Gasteiger partial charge on any atom is -0.396 e. The third-order valence-electron chi connectivity index (χ3n) is 2.60. The minimum absolute atomic E-state index is 0.118. The maximum absolute atomic E-state index is 10.9. The Morgan fingerprint density at radius 3 is 2.41 bits per heavy atom. The fraction of sp³-hybridized carbons (Fsp3) is 0.462. The molecule has 4 nitrogen and oxygen atoms in total. The lowest BCUT2D eigenvalue weighted by atomic mass is 9.95. The van der Waals surface area contributed by atoms with Crippen molar-refractivity contribution in [1.82, 2.24) is 5.32 Å². The lowest BCUT2D eigenvalue weighted by Crippen LogP contribution is -2.31. The van der Waals surface area contributed by atoms with Crippen molar-refractivity contribution in [2.45, 2.75) is 20.4 Å². The zero-order valence-electron chi connectivity index (χ0n) is 10.4. The summed E-state index contributed by atoms with van der Waals surface area (Å²) >= 11 is 0. The Hall–Kier alpha value is -1.39. The van der Waals surface area contributed by atoms with E-state index in [0.717, 1.165) is 12.1 Å². The highest BCUT2D eigenvalue weighted by Gasteiger charge is 2.15. The first-order valence-electron chi connectivity index (χ1n) is 5.65. The zero-order chi connectivity index (χ0) is 12.9. The van der Waals surface area contributed by atoms with E-state index in [1.807, 2.05) is 26.0 Å². The number of carbonyl (C=O) groups is 1. The standard InChI is InChI=1S/C13H20N2O2/c1-13(2,9-16)8-15-7-10-3-5-11(6-4-10)12(14)17/h3-6,15-16H,7-9H2,1-2H3,(H2,14,17). The molecule has 0 aliphatic carbocycles. The van der Waals surface area contributed by atoms with Crippen LogP contribution >= 0.6 is 0 Å². The van der Waals surface area contributed by atoms with Gasteiger partial charge in [-0.2, -0.15) is 0 Å². The first-order chi connectivity index (χ1) is 7.94. The number of carbonyl (C=O) groups excluding carboxylic acids is 1. The van der Waals surface area contributed by atoms with Gasteiger partial charge in [0.05, 0.1) is 0 Å². The van der Waals surface area contributed by atoms with Crippen LogP contribution in [-0.4, -0.2) is 24.2 Å². The van der Waals surface area contributed by atoms with E-state index < -0.39 is 5.91 Å². The monoisotopic (exact) mass is 236 g/mol. The van der Waals surface area contributed by atoms with Crippen LogP contribution in [0, 0.1) is 5.41 Å². The molecule has 0 unspecified atom stereocenters. The van der Waals surface area contributed by atoms with Gasteiger partial charge in [0, 0.05) is 30.7 Å². The number of aliphatic hydroxyl groups excluding tert-OH is 1. The van der Waals surface area contributed by atoms with E-state index in [1.165, 1.54) is 0 Å². The molecule has 4 heteroatoms. The van der Waals surface area contributed by atoms with Crippen LogP contribution < -0.4 is 11.1 Å². The number of benzene rings is 1. The van der Waals surface area contributed by atoms with Crippen molar-refractivity contribution in [3.05, 3.63) is 35.4 Å². The molecule has 0 saturated heterocycles. The predicted octanol–water partition coefficient (Wildman–Crippen LogP) is 0.894. The number of hydrogen-bond donors (Lipinski definition) is 3. The maximum Gasteiger partial charge on any atom is 0.248 e. The van der Waals surface area contributed by atoms with Crippen molar-refractivity contribution in [3.8, 4) is 0 Å². The highest BCUT2D eigenvalue weighted by atomic mass is 16.3. The molecule has 0 spiro atoms. The SMILES string of the molecule is CC(C)(CO)CNCc1ccc(C(N)=O)cc1. The molecule has 1 amide bonds. The topological polar surface area (TPSA) is 75.3 Å². The van der Waals surface area contributed by atoms with Crippen LogP contribution in [0.1, 0.15) is 29.8 Å². The highest BCUT2D eigenvalue weighted by molar-refractivity contribution is 5.92. The second-order valence-corrected chi connectivity index (χ2v) is 4.99. The number of nitrogens with two attached hydrogens (primary N) is 1. The fourth-order valence-electron chi connectivity index (χ4n) is 1.39. The van der Waals surface area contributed by atoms with Gasteiger partial charge < -0.3 is 16.2 Å². The number of hydrogen-bond acceptors (Lipinski definition) is 3. The molecule has 0 aromatic heterocycles. The molecule has 0 fully saturated rings. The maximum atomic E-state index is 10.9. The Balaban J connectivity index is 2.45. The number of nitrogens with one attached hydrogen (secondary N) is 1. The third kappa shape index (κ3) is 4.54. The van der Waals surface area contributed by atoms with Gasteiger partial charge in [0.25, 0.3) is 0 Å². The van der Waals surface area contributed by atoms with E-state index in [1.54, 1.807) is 12.1 Å². The van der Waals surface area contributed by atoms with Crippen molar-refractivity contribution in [2.24, 2.45) is 11.1 Å². The molecule has 0 bridgehead atoms. The van der Waals surface area contributed by atoms with Gasteiger partial charge >= 0.3 is 0 Å². The number of primary amides is 1. The van der Waals surface area contributed by atoms with E-state index in [4.69, 9.17) is 10.8 Å². The molecular weight excluding hydrogens is 216 g/mol. The van der Waals surface area contributed by atoms with E-state index >= 15 is 0 Å². The molecule has 0 radical (unpaired) electrons. The van der Waals surface area contributed by atoms with Crippen molar-refractivity contribution in [1.29, 1.82) is 0 Å². The summed E-state index contributed by atoms with van der Waals surface area (Å²) in [6.45, 7) is 5.59. The van der Waals surface area contributed by atoms with Crippen LogP contribution in [0.25, 0.3) is 0 Å². The van der Waals surface area contributed by atoms with Crippen molar-refractivity contribution < 1.29 is 9.90 Å². The van der Waals surface area contributed by atoms with E-state index in [2.05, 4.69) is 5.32 Å². The Morgan fingerprint density at radius 2 is 1.94 bits per heavy atom. The Bertz CT molecular complexity index is 372. The molecule has 4 N–H and O–H groups in total. The van der Waals surface area contributed by atoms with Gasteiger partial charge in [0.1, 0.15) is 0 Å². The summed E-state index contributed by atoms with van der Waals surface area (Å²) in [5, 5.41) is 12.4.